The van der Waals surface area contributed by atoms with Gasteiger partial charge < -0.3 is 4.42 Å². The van der Waals surface area contributed by atoms with E-state index < -0.39 is 0 Å². The van der Waals surface area contributed by atoms with Crippen LogP contribution in [0.25, 0.3) is 99.8 Å². The van der Waals surface area contributed by atoms with Gasteiger partial charge in [-0.1, -0.05) is 103 Å². The first-order valence-electron chi connectivity index (χ1n) is 37.9. The van der Waals surface area contributed by atoms with E-state index in [9.17, 15) is 17.6 Å². The summed E-state index contributed by atoms with van der Waals surface area (Å²) in [5.74, 6) is -0.864. The number of hydrogen-bond acceptors (Lipinski definition) is 12. The predicted molar refractivity (Wildman–Crippen MR) is 478 cm³/mol. The minimum atomic E-state index is -0.221. The highest BCUT2D eigenvalue weighted by Gasteiger charge is 2.06. The lowest BCUT2D eigenvalue weighted by molar-refractivity contribution is 0.568. The number of pyridine rings is 9. The maximum absolute atomic E-state index is 12.7. The fraction of sp³-hybridized carbons (Fsp3) is 0.0882. The Morgan fingerprint density at radius 3 is 1.06 bits per heavy atom. The second-order valence-corrected chi connectivity index (χ2v) is 29.0. The largest absolute Gasteiger partial charge is 0.472 e. The maximum atomic E-state index is 12.7. The van der Waals surface area contributed by atoms with Crippen molar-refractivity contribution in [2.75, 3.05) is 0 Å². The van der Waals surface area contributed by atoms with Gasteiger partial charge in [0.1, 0.15) is 23.3 Å². The van der Waals surface area contributed by atoms with Gasteiger partial charge in [0.25, 0.3) is 0 Å². The van der Waals surface area contributed by atoms with Crippen LogP contribution in [0.1, 0.15) is 50.5 Å². The van der Waals surface area contributed by atoms with E-state index in [4.69, 9.17) is 4.42 Å². The summed E-state index contributed by atoms with van der Waals surface area (Å²) in [7, 11) is 0. The third kappa shape index (κ3) is 29.2. The lowest BCUT2D eigenvalue weighted by atomic mass is 10.1. The zero-order valence-corrected chi connectivity index (χ0v) is 68.7. The van der Waals surface area contributed by atoms with Crippen LogP contribution in [-0.4, -0.2) is 44.9 Å². The number of benzene rings is 6. The number of aromatic nitrogens is 9. The van der Waals surface area contributed by atoms with Crippen LogP contribution in [0.4, 0.5) is 17.6 Å². The number of aryl methyl sites for hydroxylation is 9. The van der Waals surface area contributed by atoms with Gasteiger partial charge in [0, 0.05) is 146 Å². The smallest absolute Gasteiger partial charge is 0.123 e. The summed E-state index contributed by atoms with van der Waals surface area (Å²) in [6.45, 7) is 18.1. The molecule has 0 saturated carbocycles. The van der Waals surface area contributed by atoms with Crippen LogP contribution in [-0.2, 0) is 0 Å². The standard InChI is InChI=1S/4C12H10FN.2C12H11N.C10H9NO.2C10H9NS/c1-9-6-11(8-14-7-9)10-2-4-12(13)5-3-10;1-9-8-11(6-7-14-9)10-2-4-12(13)5-3-10;1-9-6-7-14-12(8-9)10-2-4-11(13)5-3-10;1-9-3-2-4-12(14-9)10-5-7-11(13)8-6-10;1-10-6-5-9-12(13-10)11-7-3-2-4-8-11;1-10-7-12(9-13-8-10)11-5-3-2-4-6-11;2*1-8-4-10(6-11-5-8)9-2-3-12-7-9;1-8-5-9(7-11-6-8)10-3-2-4-12-10/h4*2-8H,1H3;2*2-9H,1H3;3*2-7H,1H3. The van der Waals surface area contributed by atoms with E-state index in [-0.39, 0.29) is 23.3 Å². The van der Waals surface area contributed by atoms with Gasteiger partial charge in [0.2, 0.25) is 0 Å². The van der Waals surface area contributed by atoms with Gasteiger partial charge in [-0.3, -0.25) is 44.9 Å². The van der Waals surface area contributed by atoms with Crippen LogP contribution in [0.5, 0.6) is 0 Å². The van der Waals surface area contributed by atoms with E-state index in [0.717, 1.165) is 95.4 Å². The molecule has 0 N–H and O–H groups in total. The number of thiophene rings is 2. The third-order valence-electron chi connectivity index (χ3n) is 17.3. The second kappa shape index (κ2) is 45.8. The monoisotopic (exact) mass is 1600 g/mol. The molecule has 0 amide bonds. The molecule has 10 nitrogen and oxygen atoms in total. The molecular weight excluding hydrogens is 1510 g/mol. The Labute approximate surface area is 696 Å². The van der Waals surface area contributed by atoms with E-state index in [2.05, 4.69) is 148 Å². The van der Waals surface area contributed by atoms with E-state index in [0.29, 0.717) is 0 Å². The Morgan fingerprint density at radius 1 is 0.254 bits per heavy atom. The van der Waals surface area contributed by atoms with Crippen molar-refractivity contribution in [3.8, 4) is 99.8 Å². The van der Waals surface area contributed by atoms with Crippen molar-refractivity contribution in [1.29, 1.82) is 0 Å². The molecule has 0 fully saturated rings. The van der Waals surface area contributed by atoms with E-state index >= 15 is 0 Å². The van der Waals surface area contributed by atoms with Crippen molar-refractivity contribution in [3.05, 3.63) is 450 Å². The molecule has 0 bridgehead atoms. The van der Waals surface area contributed by atoms with Gasteiger partial charge >= 0.3 is 0 Å². The van der Waals surface area contributed by atoms with Gasteiger partial charge in [-0.25, -0.2) is 17.6 Å². The molecule has 0 spiro atoms. The number of furan rings is 1. The van der Waals surface area contributed by atoms with Crippen molar-refractivity contribution >= 4 is 22.7 Å². The zero-order chi connectivity index (χ0) is 83.2. The second-order valence-electron chi connectivity index (χ2n) is 27.2. The first-order valence-corrected chi connectivity index (χ1v) is 39.7. The van der Waals surface area contributed by atoms with Crippen LogP contribution < -0.4 is 0 Å². The van der Waals surface area contributed by atoms with E-state index in [1.165, 1.54) is 103 Å². The normalized spacial score (nSPS) is 10.1. The summed E-state index contributed by atoms with van der Waals surface area (Å²) in [5, 5.41) is 6.30. The van der Waals surface area contributed by atoms with Gasteiger partial charge in [0.05, 0.1) is 29.6 Å². The van der Waals surface area contributed by atoms with Crippen LogP contribution in [0.3, 0.4) is 0 Å². The SMILES string of the molecule is Cc1cc(-c2ccc(F)cc2)ccn1.Cc1cccc(-c2ccc(F)cc2)n1.Cc1cccc(-c2ccccc2)n1.Cc1ccnc(-c2ccc(F)cc2)c1.Cc1cncc(-c2ccc(F)cc2)c1.Cc1cncc(-c2ccccc2)c1.Cc1cncc(-c2cccs2)c1.Cc1cncc(-c2ccoc2)c1.Cc1cncc(-c2ccsc2)c1. The summed E-state index contributed by atoms with van der Waals surface area (Å²) in [6.07, 6.45) is 25.4. The Hall–Kier alpha value is -13.9. The van der Waals surface area contributed by atoms with Crippen LogP contribution in [0, 0.1) is 85.6 Å². The minimum Gasteiger partial charge on any atom is -0.472 e. The van der Waals surface area contributed by atoms with Crippen molar-refractivity contribution in [2.24, 2.45) is 0 Å². The molecule has 18 aromatic rings. The van der Waals surface area contributed by atoms with Crippen molar-refractivity contribution in [1.82, 2.24) is 44.9 Å². The summed E-state index contributed by atoms with van der Waals surface area (Å²) in [6, 6.07) is 84.5. The van der Waals surface area contributed by atoms with Crippen molar-refractivity contribution in [2.45, 2.75) is 62.3 Å². The predicted octanol–water partition coefficient (Wildman–Crippen LogP) is 27.8. The van der Waals surface area contributed by atoms with Crippen LogP contribution in [0.2, 0.25) is 0 Å². The van der Waals surface area contributed by atoms with E-state index in [1.807, 2.05) is 200 Å². The van der Waals surface area contributed by atoms with Crippen molar-refractivity contribution < 1.29 is 22.0 Å². The summed E-state index contributed by atoms with van der Waals surface area (Å²) >= 11 is 3.46. The number of halogens is 4. The molecule has 0 atom stereocenters. The van der Waals surface area contributed by atoms with Gasteiger partial charge in [-0.05, 0) is 310 Å². The average molecular weight is 1600 g/mol. The first-order chi connectivity index (χ1) is 57.3. The summed E-state index contributed by atoms with van der Waals surface area (Å²) in [4.78, 5) is 39.0. The zero-order valence-electron chi connectivity index (χ0n) is 67.1. The molecule has 0 unspecified atom stereocenters. The number of hydrogen-bond donors (Lipinski definition) is 0. The molecule has 0 aliphatic heterocycles. The fourth-order valence-electron chi connectivity index (χ4n) is 11.4. The lowest BCUT2D eigenvalue weighted by Crippen LogP contribution is -1.85. The topological polar surface area (TPSA) is 129 Å². The van der Waals surface area contributed by atoms with Gasteiger partial charge in [-0.2, -0.15) is 11.3 Å². The first kappa shape index (κ1) is 86.5. The molecule has 0 radical (unpaired) electrons. The Balaban J connectivity index is 0.000000140. The molecule has 118 heavy (non-hydrogen) atoms. The summed E-state index contributed by atoms with van der Waals surface area (Å²) < 4.78 is 55.6. The molecule has 6 aromatic carbocycles. The molecular formula is C102H89F4N9OS2. The van der Waals surface area contributed by atoms with E-state index in [1.54, 1.807) is 109 Å². The molecule has 18 rings (SSSR count). The van der Waals surface area contributed by atoms with Gasteiger partial charge in [-0.15, -0.1) is 11.3 Å². The van der Waals surface area contributed by atoms with Crippen molar-refractivity contribution in [3.63, 3.8) is 0 Å². The highest BCUT2D eigenvalue weighted by atomic mass is 32.1. The number of rotatable bonds is 9. The highest BCUT2D eigenvalue weighted by Crippen LogP contribution is 2.28. The maximum Gasteiger partial charge on any atom is 0.123 e. The molecule has 12 heterocycles. The number of nitrogens with zero attached hydrogens (tertiary/aromatic N) is 9. The van der Waals surface area contributed by atoms with Gasteiger partial charge in [0.15, 0.2) is 0 Å². The Kier molecular flexibility index (Phi) is 33.6. The van der Waals surface area contributed by atoms with Crippen LogP contribution in [0.15, 0.2) is 380 Å². The minimum absolute atomic E-state index is 0.209. The molecule has 12 aromatic heterocycles. The highest BCUT2D eigenvalue weighted by molar-refractivity contribution is 7.13. The fourth-order valence-corrected chi connectivity index (χ4v) is 12.8. The lowest BCUT2D eigenvalue weighted by Gasteiger charge is -2.01. The molecule has 0 aliphatic rings. The molecule has 588 valence electrons. The molecule has 0 saturated heterocycles. The third-order valence-corrected chi connectivity index (χ3v) is 18.9. The average Bonchev–Trinajstić information content (AvgIpc) is 1.45. The summed E-state index contributed by atoms with van der Waals surface area (Å²) in [5.41, 5.74) is 28.2. The quantitative estimate of drug-likeness (QED) is 0.129. The Morgan fingerprint density at radius 2 is 0.653 bits per heavy atom. The molecule has 0 aliphatic carbocycles. The van der Waals surface area contributed by atoms with Crippen LogP contribution >= 0.6 is 22.7 Å². The molecule has 16 heteroatoms. The Bertz CT molecular complexity index is 5360.